The van der Waals surface area contributed by atoms with Gasteiger partial charge in [-0.05, 0) is 79.6 Å². The van der Waals surface area contributed by atoms with Crippen LogP contribution in [0, 0.1) is 29.9 Å². The van der Waals surface area contributed by atoms with Crippen molar-refractivity contribution in [2.45, 2.75) is 50.8 Å². The number of hydrogen-bond donors (Lipinski definition) is 2. The predicted octanol–water partition coefficient (Wildman–Crippen LogP) is 4.31. The van der Waals surface area contributed by atoms with Gasteiger partial charge in [-0.1, -0.05) is 17.3 Å². The minimum Gasteiger partial charge on any atom is -0.388 e. The Morgan fingerprint density at radius 3 is 2.62 bits per heavy atom. The summed E-state index contributed by atoms with van der Waals surface area (Å²) in [5.41, 5.74) is 8.17. The Kier molecular flexibility index (Phi) is 6.36. The summed E-state index contributed by atoms with van der Waals surface area (Å²) < 4.78 is 32.4. The lowest BCUT2D eigenvalue weighted by Crippen LogP contribution is -2.41. The normalized spacial score (nSPS) is 18.1. The van der Waals surface area contributed by atoms with Crippen molar-refractivity contribution in [3.05, 3.63) is 70.8 Å². The third-order valence-electron chi connectivity index (χ3n) is 8.16. The van der Waals surface area contributed by atoms with Gasteiger partial charge in [0.15, 0.2) is 0 Å². The van der Waals surface area contributed by atoms with Crippen LogP contribution in [0.1, 0.15) is 47.2 Å². The molecular formula is C30H28F2N6O2. The van der Waals surface area contributed by atoms with Gasteiger partial charge in [0.1, 0.15) is 23.2 Å². The molecule has 1 amide bonds. The number of benzene rings is 3. The maximum absolute atomic E-state index is 16.1. The van der Waals surface area contributed by atoms with Crippen molar-refractivity contribution in [1.82, 2.24) is 19.9 Å². The van der Waals surface area contributed by atoms with Crippen LogP contribution >= 0.6 is 0 Å². The molecule has 1 aliphatic carbocycles. The van der Waals surface area contributed by atoms with Crippen molar-refractivity contribution >= 4 is 16.9 Å². The van der Waals surface area contributed by atoms with Crippen LogP contribution in [-0.4, -0.2) is 55.6 Å². The molecule has 10 heteroatoms. The van der Waals surface area contributed by atoms with Crippen LogP contribution in [0.2, 0.25) is 0 Å². The Morgan fingerprint density at radius 1 is 1.18 bits per heavy atom. The molecule has 0 bridgehead atoms. The van der Waals surface area contributed by atoms with E-state index in [0.29, 0.717) is 71.2 Å². The zero-order chi connectivity index (χ0) is 28.2. The number of nitriles is 1. The number of halogens is 2. The Balaban J connectivity index is 1.49. The summed E-state index contributed by atoms with van der Waals surface area (Å²) in [6, 6.07) is 12.4. The number of hydrogen-bond acceptors (Lipinski definition) is 6. The second-order valence-corrected chi connectivity index (χ2v) is 10.9. The molecule has 2 fully saturated rings. The molecule has 204 valence electrons. The van der Waals surface area contributed by atoms with E-state index in [1.165, 1.54) is 12.1 Å². The van der Waals surface area contributed by atoms with Gasteiger partial charge >= 0.3 is 0 Å². The SMILES string of the molecule is Cc1c(F)c(-c2ccc(C(=O)N3CCC(N)C3)cc2-c2ccc(C#N)c(F)c2)cc2nnn(CC3(O)CCC3)c12. The molecular weight excluding hydrogens is 514 g/mol. The molecule has 0 spiro atoms. The molecule has 1 saturated carbocycles. The van der Waals surface area contributed by atoms with Crippen LogP contribution in [0.5, 0.6) is 0 Å². The third-order valence-corrected chi connectivity index (χ3v) is 8.16. The number of aromatic nitrogens is 3. The summed E-state index contributed by atoms with van der Waals surface area (Å²) in [7, 11) is 0. The molecule has 2 heterocycles. The lowest BCUT2D eigenvalue weighted by molar-refractivity contribution is -0.0492. The molecule has 1 atom stereocenters. The van der Waals surface area contributed by atoms with Gasteiger partial charge in [-0.25, -0.2) is 13.5 Å². The minimum absolute atomic E-state index is 0.0856. The highest BCUT2D eigenvalue weighted by atomic mass is 19.1. The van der Waals surface area contributed by atoms with Gasteiger partial charge in [-0.3, -0.25) is 4.79 Å². The van der Waals surface area contributed by atoms with Crippen molar-refractivity contribution in [2.75, 3.05) is 13.1 Å². The number of carbonyl (C=O) groups excluding carboxylic acids is 1. The Morgan fingerprint density at radius 2 is 1.98 bits per heavy atom. The van der Waals surface area contributed by atoms with Gasteiger partial charge in [0.2, 0.25) is 0 Å². The maximum Gasteiger partial charge on any atom is 0.253 e. The largest absolute Gasteiger partial charge is 0.388 e. The standard InChI is InChI=1S/C30H28F2N6O2/c1-17-27(32)24(13-26-28(17)38(36-35-26)16-30(40)8-2-9-30)22-6-5-19(29(39)37-10-7-21(34)15-37)11-23(22)18-3-4-20(14-33)25(31)12-18/h3-6,11-13,21,40H,2,7-10,15-16,34H2,1H3. The lowest BCUT2D eigenvalue weighted by Gasteiger charge is -2.36. The summed E-state index contributed by atoms with van der Waals surface area (Å²) in [5.74, 6) is -1.42. The summed E-state index contributed by atoms with van der Waals surface area (Å²) >= 11 is 0. The van der Waals surface area contributed by atoms with Gasteiger partial charge in [0, 0.05) is 35.8 Å². The smallest absolute Gasteiger partial charge is 0.253 e. The van der Waals surface area contributed by atoms with Crippen LogP contribution in [-0.2, 0) is 6.54 Å². The monoisotopic (exact) mass is 542 g/mol. The number of amides is 1. The van der Waals surface area contributed by atoms with E-state index in [0.717, 1.165) is 6.42 Å². The first kappa shape index (κ1) is 26.0. The Bertz CT molecular complexity index is 1700. The van der Waals surface area contributed by atoms with Crippen molar-refractivity contribution in [1.29, 1.82) is 5.26 Å². The first-order chi connectivity index (χ1) is 19.2. The zero-order valence-electron chi connectivity index (χ0n) is 22.0. The number of likely N-dealkylation sites (tertiary alicyclic amines) is 1. The molecule has 1 aromatic heterocycles. The molecule has 6 rings (SSSR count). The van der Waals surface area contributed by atoms with Crippen LogP contribution in [0.3, 0.4) is 0 Å². The first-order valence-electron chi connectivity index (χ1n) is 13.3. The highest BCUT2D eigenvalue weighted by Crippen LogP contribution is 2.39. The van der Waals surface area contributed by atoms with E-state index in [1.54, 1.807) is 46.8 Å². The summed E-state index contributed by atoms with van der Waals surface area (Å²) in [4.78, 5) is 14.9. The Labute approximate surface area is 229 Å². The average Bonchev–Trinajstić information content (AvgIpc) is 3.55. The zero-order valence-corrected chi connectivity index (χ0v) is 22.0. The van der Waals surface area contributed by atoms with Gasteiger partial charge < -0.3 is 15.7 Å². The number of fused-ring (bicyclic) bond motifs is 1. The number of carbonyl (C=O) groups is 1. The Hall–Kier alpha value is -4.20. The van der Waals surface area contributed by atoms with Crippen molar-refractivity contribution < 1.29 is 18.7 Å². The average molecular weight is 543 g/mol. The number of nitrogens with two attached hydrogens (primary N) is 1. The number of aryl methyl sites for hydroxylation is 1. The summed E-state index contributed by atoms with van der Waals surface area (Å²) in [5, 5.41) is 28.3. The van der Waals surface area contributed by atoms with E-state index in [9.17, 15) is 19.6 Å². The number of nitrogens with zero attached hydrogens (tertiary/aromatic N) is 5. The fourth-order valence-corrected chi connectivity index (χ4v) is 5.72. The highest BCUT2D eigenvalue weighted by molar-refractivity contribution is 5.99. The number of rotatable bonds is 5. The molecule has 1 aliphatic heterocycles. The van der Waals surface area contributed by atoms with Gasteiger partial charge in [-0.15, -0.1) is 5.10 Å². The predicted molar refractivity (Wildman–Crippen MR) is 145 cm³/mol. The van der Waals surface area contributed by atoms with Crippen molar-refractivity contribution in [2.24, 2.45) is 5.73 Å². The molecule has 1 saturated heterocycles. The van der Waals surface area contributed by atoms with E-state index in [1.807, 2.05) is 6.07 Å². The fourth-order valence-electron chi connectivity index (χ4n) is 5.72. The maximum atomic E-state index is 16.1. The molecule has 8 nitrogen and oxygen atoms in total. The van der Waals surface area contributed by atoms with E-state index in [2.05, 4.69) is 10.3 Å². The molecule has 3 aromatic carbocycles. The van der Waals surface area contributed by atoms with Gasteiger partial charge in [0.05, 0.1) is 23.2 Å². The van der Waals surface area contributed by atoms with Crippen molar-refractivity contribution in [3.63, 3.8) is 0 Å². The molecule has 1 unspecified atom stereocenters. The van der Waals surface area contributed by atoms with E-state index >= 15 is 4.39 Å². The van der Waals surface area contributed by atoms with E-state index in [-0.39, 0.29) is 29.6 Å². The second-order valence-electron chi connectivity index (χ2n) is 10.9. The lowest BCUT2D eigenvalue weighted by atomic mass is 9.80. The van der Waals surface area contributed by atoms with Crippen molar-refractivity contribution in [3.8, 4) is 28.3 Å². The van der Waals surface area contributed by atoms with Crippen LogP contribution in [0.15, 0.2) is 42.5 Å². The highest BCUT2D eigenvalue weighted by Gasteiger charge is 2.36. The molecule has 3 N–H and O–H groups in total. The van der Waals surface area contributed by atoms with Crippen LogP contribution in [0.4, 0.5) is 8.78 Å². The molecule has 40 heavy (non-hydrogen) atoms. The summed E-state index contributed by atoms with van der Waals surface area (Å²) in [6.45, 7) is 2.85. The van der Waals surface area contributed by atoms with Gasteiger partial charge in [-0.2, -0.15) is 5.26 Å². The fraction of sp³-hybridized carbons (Fsp3) is 0.333. The van der Waals surface area contributed by atoms with E-state index in [4.69, 9.17) is 5.73 Å². The third kappa shape index (κ3) is 4.41. The van der Waals surface area contributed by atoms with E-state index < -0.39 is 17.2 Å². The molecule has 4 aromatic rings. The quantitative estimate of drug-likeness (QED) is 0.388. The van der Waals surface area contributed by atoms with Crippen LogP contribution < -0.4 is 5.73 Å². The second kappa shape index (κ2) is 9.77. The number of aliphatic hydroxyl groups is 1. The topological polar surface area (TPSA) is 121 Å². The molecule has 0 radical (unpaired) electrons. The first-order valence-corrected chi connectivity index (χ1v) is 13.3. The minimum atomic E-state index is -0.864. The van der Waals surface area contributed by atoms with Crippen LogP contribution in [0.25, 0.3) is 33.3 Å². The summed E-state index contributed by atoms with van der Waals surface area (Å²) in [6.07, 6.45) is 2.96. The van der Waals surface area contributed by atoms with Gasteiger partial charge in [0.25, 0.3) is 5.91 Å². The molecule has 2 aliphatic rings.